The van der Waals surface area contributed by atoms with Crippen LogP contribution >= 0.6 is 0 Å². The van der Waals surface area contributed by atoms with Gasteiger partial charge in [0.05, 0.1) is 0 Å². The van der Waals surface area contributed by atoms with Gasteiger partial charge in [0, 0.05) is 6.42 Å². The molecule has 0 amide bonds. The van der Waals surface area contributed by atoms with Crippen LogP contribution in [-0.2, 0) is 27.2 Å². The Morgan fingerprint density at radius 2 is 1.67 bits per heavy atom. The maximum absolute atomic E-state index is 12.4. The van der Waals surface area contributed by atoms with Crippen LogP contribution in [0.2, 0.25) is 0 Å². The third kappa shape index (κ3) is 7.87. The summed E-state index contributed by atoms with van der Waals surface area (Å²) in [6, 6.07) is 17.6. The van der Waals surface area contributed by atoms with E-state index in [-0.39, 0.29) is 19.4 Å². The minimum Gasteiger partial charge on any atom is -0.489 e. The number of aryl methyl sites for hydroxylation is 2. The highest BCUT2D eigenvalue weighted by molar-refractivity contribution is 5.77. The molecule has 0 radical (unpaired) electrons. The molecule has 162 valence electrons. The molecule has 0 aliphatic carbocycles. The van der Waals surface area contributed by atoms with E-state index in [1.54, 1.807) is 25.9 Å². The Labute approximate surface area is 178 Å². The number of hydrogen-bond donors (Lipinski definition) is 1. The summed E-state index contributed by atoms with van der Waals surface area (Å²) in [6.45, 7) is 2.00. The molecule has 2 aromatic carbocycles. The van der Waals surface area contributed by atoms with Gasteiger partial charge < -0.3 is 14.6 Å². The third-order valence-corrected chi connectivity index (χ3v) is 4.82. The van der Waals surface area contributed by atoms with Crippen molar-refractivity contribution in [1.82, 2.24) is 4.90 Å². The van der Waals surface area contributed by atoms with E-state index in [1.807, 2.05) is 42.5 Å². The fourth-order valence-electron chi connectivity index (χ4n) is 3.14. The van der Waals surface area contributed by atoms with Gasteiger partial charge in [-0.2, -0.15) is 0 Å². The quantitative estimate of drug-likeness (QED) is 0.536. The molecular weight excluding hydrogens is 382 g/mol. The lowest BCUT2D eigenvalue weighted by Crippen LogP contribution is -2.39. The van der Waals surface area contributed by atoms with Crippen LogP contribution in [-0.4, -0.2) is 54.8 Å². The number of carbonyl (C=O) groups is 2. The number of carboxylic acids is 1. The number of aliphatic carboxylic acids is 1. The predicted octanol–water partition coefficient (Wildman–Crippen LogP) is 3.58. The molecule has 0 aliphatic rings. The van der Waals surface area contributed by atoms with Crippen LogP contribution in [0.15, 0.2) is 54.6 Å². The first-order valence-electron chi connectivity index (χ1n) is 10.2. The summed E-state index contributed by atoms with van der Waals surface area (Å²) in [6.07, 6.45) is 1.44. The van der Waals surface area contributed by atoms with Crippen molar-refractivity contribution in [2.24, 2.45) is 0 Å². The van der Waals surface area contributed by atoms with Gasteiger partial charge in [-0.3, -0.25) is 14.5 Å². The molecular formula is C24H31NO5. The minimum absolute atomic E-state index is 0.0857. The highest BCUT2D eigenvalue weighted by atomic mass is 16.6. The summed E-state index contributed by atoms with van der Waals surface area (Å²) in [5.74, 6) is -0.584. The van der Waals surface area contributed by atoms with E-state index in [4.69, 9.17) is 14.6 Å². The Balaban J connectivity index is 1.88. The molecule has 0 saturated carbocycles. The largest absolute Gasteiger partial charge is 0.489 e. The SMILES string of the molecule is CC(COc1ccccc1CCc1ccccc1)OC(=O)C(CCC(=O)O)N(C)C. The van der Waals surface area contributed by atoms with Crippen molar-refractivity contribution in [3.05, 3.63) is 65.7 Å². The van der Waals surface area contributed by atoms with Crippen molar-refractivity contribution in [2.75, 3.05) is 20.7 Å². The minimum atomic E-state index is -0.932. The number of hydrogen-bond acceptors (Lipinski definition) is 5. The molecule has 6 heteroatoms. The second-order valence-electron chi connectivity index (χ2n) is 7.56. The zero-order valence-electron chi connectivity index (χ0n) is 17.9. The fourth-order valence-corrected chi connectivity index (χ4v) is 3.14. The Morgan fingerprint density at radius 1 is 1.00 bits per heavy atom. The maximum atomic E-state index is 12.4. The van der Waals surface area contributed by atoms with Gasteiger partial charge in [0.15, 0.2) is 0 Å². The summed E-state index contributed by atoms with van der Waals surface area (Å²) in [4.78, 5) is 24.9. The summed E-state index contributed by atoms with van der Waals surface area (Å²) < 4.78 is 11.4. The van der Waals surface area contributed by atoms with Gasteiger partial charge in [-0.1, -0.05) is 48.5 Å². The van der Waals surface area contributed by atoms with Crippen LogP contribution in [0.4, 0.5) is 0 Å². The van der Waals surface area contributed by atoms with Crippen molar-refractivity contribution in [2.45, 2.75) is 44.8 Å². The van der Waals surface area contributed by atoms with E-state index >= 15 is 0 Å². The molecule has 0 heterocycles. The van der Waals surface area contributed by atoms with E-state index < -0.39 is 24.1 Å². The van der Waals surface area contributed by atoms with Gasteiger partial charge in [-0.15, -0.1) is 0 Å². The van der Waals surface area contributed by atoms with Crippen LogP contribution < -0.4 is 4.74 Å². The summed E-state index contributed by atoms with van der Waals surface area (Å²) in [5, 5.41) is 8.87. The topological polar surface area (TPSA) is 76.1 Å². The molecule has 0 saturated heterocycles. The number of para-hydroxylation sites is 1. The number of rotatable bonds is 12. The number of carboxylic acid groups (broad SMARTS) is 1. The van der Waals surface area contributed by atoms with Crippen molar-refractivity contribution < 1.29 is 24.2 Å². The summed E-state index contributed by atoms with van der Waals surface area (Å²) in [5.41, 5.74) is 2.37. The lowest BCUT2D eigenvalue weighted by molar-refractivity contribution is -0.155. The molecule has 2 rings (SSSR count). The van der Waals surface area contributed by atoms with Crippen molar-refractivity contribution in [1.29, 1.82) is 0 Å². The Kier molecular flexibility index (Phi) is 9.35. The van der Waals surface area contributed by atoms with Gasteiger partial charge in [-0.25, -0.2) is 0 Å². The molecule has 1 N–H and O–H groups in total. The zero-order valence-corrected chi connectivity index (χ0v) is 17.9. The first-order chi connectivity index (χ1) is 14.4. The molecule has 0 bridgehead atoms. The van der Waals surface area contributed by atoms with Crippen LogP contribution in [0.1, 0.15) is 30.9 Å². The lowest BCUT2D eigenvalue weighted by Gasteiger charge is -2.24. The molecule has 30 heavy (non-hydrogen) atoms. The number of carbonyl (C=O) groups excluding carboxylic acids is 1. The summed E-state index contributed by atoms with van der Waals surface area (Å²) >= 11 is 0. The summed E-state index contributed by atoms with van der Waals surface area (Å²) in [7, 11) is 3.47. The maximum Gasteiger partial charge on any atom is 0.323 e. The van der Waals surface area contributed by atoms with Crippen molar-refractivity contribution in [3.63, 3.8) is 0 Å². The average molecular weight is 414 g/mol. The van der Waals surface area contributed by atoms with E-state index in [2.05, 4.69) is 12.1 Å². The number of benzene rings is 2. The van der Waals surface area contributed by atoms with Gasteiger partial charge in [0.1, 0.15) is 24.5 Å². The molecule has 0 aromatic heterocycles. The lowest BCUT2D eigenvalue weighted by atomic mass is 10.0. The monoisotopic (exact) mass is 413 g/mol. The molecule has 2 unspecified atom stereocenters. The first-order valence-corrected chi connectivity index (χ1v) is 10.2. The van der Waals surface area contributed by atoms with E-state index in [0.717, 1.165) is 24.2 Å². The van der Waals surface area contributed by atoms with Crippen LogP contribution in [0.5, 0.6) is 5.75 Å². The van der Waals surface area contributed by atoms with E-state index in [1.165, 1.54) is 5.56 Å². The molecule has 0 fully saturated rings. The van der Waals surface area contributed by atoms with Crippen LogP contribution in [0, 0.1) is 0 Å². The highest BCUT2D eigenvalue weighted by Crippen LogP contribution is 2.21. The molecule has 2 atom stereocenters. The van der Waals surface area contributed by atoms with Crippen molar-refractivity contribution in [3.8, 4) is 5.75 Å². The van der Waals surface area contributed by atoms with Crippen LogP contribution in [0.25, 0.3) is 0 Å². The van der Waals surface area contributed by atoms with Gasteiger partial charge in [0.25, 0.3) is 0 Å². The number of likely N-dealkylation sites (N-methyl/N-ethyl adjacent to an activating group) is 1. The Bertz CT molecular complexity index is 806. The standard InChI is InChI=1S/C24H31NO5/c1-18(30-24(28)21(25(2)3)15-16-23(26)27)17-29-22-12-8-7-11-20(22)14-13-19-9-5-4-6-10-19/h4-12,18,21H,13-17H2,1-3H3,(H,26,27). The molecule has 0 aliphatic heterocycles. The zero-order chi connectivity index (χ0) is 21.9. The third-order valence-electron chi connectivity index (χ3n) is 4.82. The number of esters is 1. The van der Waals surface area contributed by atoms with Crippen LogP contribution in [0.3, 0.4) is 0 Å². The Hall–Kier alpha value is -2.86. The van der Waals surface area contributed by atoms with E-state index in [9.17, 15) is 9.59 Å². The van der Waals surface area contributed by atoms with Gasteiger partial charge in [0.2, 0.25) is 0 Å². The van der Waals surface area contributed by atoms with Gasteiger partial charge in [-0.05, 0) is 57.5 Å². The molecule has 6 nitrogen and oxygen atoms in total. The average Bonchev–Trinajstić information content (AvgIpc) is 2.71. The smallest absolute Gasteiger partial charge is 0.323 e. The first kappa shape index (κ1) is 23.4. The predicted molar refractivity (Wildman–Crippen MR) is 116 cm³/mol. The normalized spacial score (nSPS) is 12.9. The molecule has 2 aromatic rings. The molecule has 0 spiro atoms. The number of nitrogens with zero attached hydrogens (tertiary/aromatic N) is 1. The van der Waals surface area contributed by atoms with Crippen molar-refractivity contribution >= 4 is 11.9 Å². The second kappa shape index (κ2) is 12.0. The van der Waals surface area contributed by atoms with E-state index in [0.29, 0.717) is 0 Å². The van der Waals surface area contributed by atoms with Gasteiger partial charge >= 0.3 is 11.9 Å². The number of ether oxygens (including phenoxy) is 2. The Morgan fingerprint density at radius 3 is 2.33 bits per heavy atom. The fraction of sp³-hybridized carbons (Fsp3) is 0.417. The second-order valence-corrected chi connectivity index (χ2v) is 7.56. The highest BCUT2D eigenvalue weighted by Gasteiger charge is 2.25.